The maximum Gasteiger partial charge on any atom is 0.573 e. The minimum atomic E-state index is -4.76. The molecule has 0 aliphatic heterocycles. The first kappa shape index (κ1) is 26.2. The molecule has 7 nitrogen and oxygen atoms in total. The molecule has 39 heavy (non-hydrogen) atoms. The second kappa shape index (κ2) is 10.7. The van der Waals surface area contributed by atoms with E-state index in [1.54, 1.807) is 54.7 Å². The van der Waals surface area contributed by atoms with Crippen molar-refractivity contribution in [3.63, 3.8) is 0 Å². The quantitative estimate of drug-likeness (QED) is 0.232. The molecule has 1 heterocycles. The fourth-order valence-electron chi connectivity index (χ4n) is 4.12. The van der Waals surface area contributed by atoms with E-state index in [1.165, 1.54) is 12.1 Å². The van der Waals surface area contributed by atoms with Crippen LogP contribution in [-0.2, 0) is 6.61 Å². The topological polar surface area (TPSA) is 96.4 Å². The Morgan fingerprint density at radius 2 is 1.77 bits per heavy atom. The SMILES string of the molecule is Cc1ccc(CO)cc1NC(=O)c1ccc(Nc2ncc(C3CC3)c(-c3ccc(OC(F)(F)F)cc3)n2)cc1. The zero-order valence-corrected chi connectivity index (χ0v) is 20.9. The number of carbonyl (C=O) groups excluding carboxylic acids is 1. The van der Waals surface area contributed by atoms with Gasteiger partial charge in [0.15, 0.2) is 0 Å². The Labute approximate surface area is 222 Å². The molecule has 1 saturated carbocycles. The van der Waals surface area contributed by atoms with Crippen LogP contribution in [0.25, 0.3) is 11.3 Å². The number of carbonyl (C=O) groups is 1. The predicted octanol–water partition coefficient (Wildman–Crippen LogP) is 6.72. The third-order valence-electron chi connectivity index (χ3n) is 6.33. The summed E-state index contributed by atoms with van der Waals surface area (Å²) in [7, 11) is 0. The highest BCUT2D eigenvalue weighted by Gasteiger charge is 2.31. The third kappa shape index (κ3) is 6.53. The first-order valence-electron chi connectivity index (χ1n) is 12.3. The molecule has 5 rings (SSSR count). The summed E-state index contributed by atoms with van der Waals surface area (Å²) in [5.41, 5.74) is 5.55. The zero-order chi connectivity index (χ0) is 27.6. The number of rotatable bonds is 8. The van der Waals surface area contributed by atoms with Crippen molar-refractivity contribution in [3.05, 3.63) is 95.2 Å². The fourth-order valence-corrected chi connectivity index (χ4v) is 4.12. The predicted molar refractivity (Wildman–Crippen MR) is 141 cm³/mol. The van der Waals surface area contributed by atoms with Crippen molar-refractivity contribution in [1.82, 2.24) is 9.97 Å². The molecule has 10 heteroatoms. The van der Waals surface area contributed by atoms with E-state index in [0.29, 0.717) is 45.6 Å². The number of hydrogen-bond acceptors (Lipinski definition) is 6. The van der Waals surface area contributed by atoms with Gasteiger partial charge in [-0.05, 0) is 91.4 Å². The maximum atomic E-state index is 12.8. The molecular weight excluding hydrogens is 509 g/mol. The van der Waals surface area contributed by atoms with Crippen molar-refractivity contribution in [2.75, 3.05) is 10.6 Å². The molecule has 3 N–H and O–H groups in total. The average Bonchev–Trinajstić information content (AvgIpc) is 3.75. The van der Waals surface area contributed by atoms with Crippen LogP contribution in [0.3, 0.4) is 0 Å². The summed E-state index contributed by atoms with van der Waals surface area (Å²) in [6, 6.07) is 17.8. The Balaban J connectivity index is 1.32. The summed E-state index contributed by atoms with van der Waals surface area (Å²) in [6.07, 6.45) is -1.00. The van der Waals surface area contributed by atoms with Gasteiger partial charge in [-0.1, -0.05) is 12.1 Å². The zero-order valence-electron chi connectivity index (χ0n) is 20.9. The van der Waals surface area contributed by atoms with Crippen LogP contribution in [0, 0.1) is 6.92 Å². The third-order valence-corrected chi connectivity index (χ3v) is 6.33. The van der Waals surface area contributed by atoms with Crippen LogP contribution in [0.2, 0.25) is 0 Å². The van der Waals surface area contributed by atoms with Gasteiger partial charge in [0, 0.05) is 34.3 Å². The monoisotopic (exact) mass is 534 g/mol. The Bertz CT molecular complexity index is 1490. The molecule has 200 valence electrons. The molecule has 0 radical (unpaired) electrons. The van der Waals surface area contributed by atoms with Crippen LogP contribution in [0.5, 0.6) is 5.75 Å². The molecule has 1 aromatic heterocycles. The van der Waals surface area contributed by atoms with Gasteiger partial charge < -0.3 is 20.5 Å². The van der Waals surface area contributed by atoms with Gasteiger partial charge in [-0.3, -0.25) is 4.79 Å². The number of alkyl halides is 3. The maximum absolute atomic E-state index is 12.8. The van der Waals surface area contributed by atoms with Gasteiger partial charge in [0.25, 0.3) is 5.91 Å². The standard InChI is InChI=1S/C29H25F3N4O3/c1-17-2-3-18(16-37)14-25(17)35-27(38)21-6-10-22(11-7-21)34-28-33-15-24(19-4-5-19)26(36-28)20-8-12-23(13-9-20)39-29(30,31)32/h2-3,6-15,19,37H,4-5,16H2,1H3,(H,35,38)(H,33,34,36). The number of aliphatic hydroxyl groups excluding tert-OH is 1. The van der Waals surface area contributed by atoms with E-state index < -0.39 is 6.36 Å². The second-order valence-corrected chi connectivity index (χ2v) is 9.31. The molecule has 3 aromatic carbocycles. The highest BCUT2D eigenvalue weighted by Crippen LogP contribution is 2.44. The molecule has 1 aliphatic rings. The van der Waals surface area contributed by atoms with Crippen LogP contribution in [0.15, 0.2) is 72.9 Å². The Morgan fingerprint density at radius 3 is 2.41 bits per heavy atom. The van der Waals surface area contributed by atoms with Crippen LogP contribution < -0.4 is 15.4 Å². The number of aromatic nitrogens is 2. The smallest absolute Gasteiger partial charge is 0.406 e. The van der Waals surface area contributed by atoms with Gasteiger partial charge >= 0.3 is 6.36 Å². The van der Waals surface area contributed by atoms with Crippen molar-refractivity contribution in [1.29, 1.82) is 0 Å². The van der Waals surface area contributed by atoms with Gasteiger partial charge in [0.1, 0.15) is 5.75 Å². The van der Waals surface area contributed by atoms with Crippen molar-refractivity contribution >= 4 is 23.2 Å². The average molecular weight is 535 g/mol. The van der Waals surface area contributed by atoms with Gasteiger partial charge in [0.2, 0.25) is 5.95 Å². The highest BCUT2D eigenvalue weighted by molar-refractivity contribution is 6.04. The van der Waals surface area contributed by atoms with E-state index in [4.69, 9.17) is 0 Å². The lowest BCUT2D eigenvalue weighted by atomic mass is 10.0. The normalized spacial score (nSPS) is 13.2. The van der Waals surface area contributed by atoms with E-state index in [9.17, 15) is 23.1 Å². The van der Waals surface area contributed by atoms with E-state index in [-0.39, 0.29) is 18.3 Å². The lowest BCUT2D eigenvalue weighted by molar-refractivity contribution is -0.274. The number of hydrogen-bond donors (Lipinski definition) is 3. The molecule has 1 aliphatic carbocycles. The molecule has 0 bridgehead atoms. The molecule has 1 fully saturated rings. The molecule has 0 atom stereocenters. The van der Waals surface area contributed by atoms with Crippen molar-refractivity contribution < 1.29 is 27.8 Å². The number of anilines is 3. The van der Waals surface area contributed by atoms with Gasteiger partial charge in [-0.2, -0.15) is 0 Å². The Hall–Kier alpha value is -4.44. The molecule has 4 aromatic rings. The Kier molecular flexibility index (Phi) is 7.21. The lowest BCUT2D eigenvalue weighted by Gasteiger charge is -2.13. The van der Waals surface area contributed by atoms with Crippen LogP contribution >= 0.6 is 0 Å². The summed E-state index contributed by atoms with van der Waals surface area (Å²) in [5, 5.41) is 15.4. The van der Waals surface area contributed by atoms with Crippen molar-refractivity contribution in [2.45, 2.75) is 38.7 Å². The number of aliphatic hydroxyl groups is 1. The summed E-state index contributed by atoms with van der Waals surface area (Å²) in [5.74, 6) is 0.0512. The van der Waals surface area contributed by atoms with Crippen molar-refractivity contribution in [3.8, 4) is 17.0 Å². The van der Waals surface area contributed by atoms with E-state index >= 15 is 0 Å². The van der Waals surface area contributed by atoms with Gasteiger partial charge in [-0.15, -0.1) is 13.2 Å². The van der Waals surface area contributed by atoms with Gasteiger partial charge in [-0.25, -0.2) is 9.97 Å². The lowest BCUT2D eigenvalue weighted by Crippen LogP contribution is -2.16. The number of amides is 1. The van der Waals surface area contributed by atoms with E-state index in [1.807, 2.05) is 13.0 Å². The number of aryl methyl sites for hydroxylation is 1. The van der Waals surface area contributed by atoms with E-state index in [0.717, 1.165) is 24.0 Å². The summed E-state index contributed by atoms with van der Waals surface area (Å²) in [4.78, 5) is 21.8. The largest absolute Gasteiger partial charge is 0.573 e. The number of nitrogens with zero attached hydrogens (tertiary/aromatic N) is 2. The number of benzene rings is 3. The summed E-state index contributed by atoms with van der Waals surface area (Å²) < 4.78 is 41.6. The molecule has 0 unspecified atom stereocenters. The van der Waals surface area contributed by atoms with Crippen LogP contribution in [0.4, 0.5) is 30.5 Å². The molecule has 1 amide bonds. The highest BCUT2D eigenvalue weighted by atomic mass is 19.4. The minimum Gasteiger partial charge on any atom is -0.406 e. The summed E-state index contributed by atoms with van der Waals surface area (Å²) in [6.45, 7) is 1.75. The first-order valence-corrected chi connectivity index (χ1v) is 12.3. The summed E-state index contributed by atoms with van der Waals surface area (Å²) >= 11 is 0. The second-order valence-electron chi connectivity index (χ2n) is 9.31. The van der Waals surface area contributed by atoms with Crippen LogP contribution in [-0.4, -0.2) is 27.3 Å². The van der Waals surface area contributed by atoms with Crippen molar-refractivity contribution in [2.24, 2.45) is 0 Å². The minimum absolute atomic E-state index is 0.118. The fraction of sp³-hybridized carbons (Fsp3) is 0.207. The van der Waals surface area contributed by atoms with E-state index in [2.05, 4.69) is 25.3 Å². The first-order chi connectivity index (χ1) is 18.7. The van der Waals surface area contributed by atoms with Crippen LogP contribution in [0.1, 0.15) is 45.8 Å². The molecule has 0 spiro atoms. The molecule has 0 saturated heterocycles. The molecular formula is C29H25F3N4O3. The number of ether oxygens (including phenoxy) is 1. The Morgan fingerprint density at radius 1 is 1.05 bits per heavy atom. The number of nitrogens with one attached hydrogen (secondary N) is 2. The number of halogens is 3. The van der Waals surface area contributed by atoms with Gasteiger partial charge in [0.05, 0.1) is 12.3 Å².